The molecule has 2 aliphatic rings. The lowest BCUT2D eigenvalue weighted by Gasteiger charge is -2.36. The highest BCUT2D eigenvalue weighted by Crippen LogP contribution is 2.31. The maximum atomic E-state index is 14.2. The minimum atomic E-state index is -4.26. The lowest BCUT2D eigenvalue weighted by Crippen LogP contribution is -2.56. The van der Waals surface area contributed by atoms with Crippen molar-refractivity contribution in [2.75, 3.05) is 26.2 Å². The highest BCUT2D eigenvalue weighted by atomic mass is 32.2. The Labute approximate surface area is 187 Å². The van der Waals surface area contributed by atoms with E-state index in [1.165, 1.54) is 18.2 Å². The van der Waals surface area contributed by atoms with Crippen LogP contribution in [0, 0.1) is 11.7 Å². The molecule has 1 aliphatic carbocycles. The molecular formula is C23H26FN3O4S. The van der Waals surface area contributed by atoms with Crippen LogP contribution in [0.5, 0.6) is 0 Å². The highest BCUT2D eigenvalue weighted by Gasteiger charge is 2.37. The largest absolute Gasteiger partial charge is 0.339 e. The Balaban J connectivity index is 1.51. The summed E-state index contributed by atoms with van der Waals surface area (Å²) in [6.45, 7) is 1.53. The average molecular weight is 460 g/mol. The Kier molecular flexibility index (Phi) is 6.57. The number of carbonyl (C=O) groups excluding carboxylic acids is 2. The molecule has 4 rings (SSSR count). The van der Waals surface area contributed by atoms with Gasteiger partial charge in [-0.1, -0.05) is 42.5 Å². The molecule has 2 aromatic carbocycles. The fourth-order valence-electron chi connectivity index (χ4n) is 3.90. The zero-order valence-electron chi connectivity index (χ0n) is 17.6. The van der Waals surface area contributed by atoms with E-state index in [4.69, 9.17) is 0 Å². The Bertz CT molecular complexity index is 1080. The van der Waals surface area contributed by atoms with Gasteiger partial charge in [-0.25, -0.2) is 12.8 Å². The molecule has 0 aromatic heterocycles. The number of nitrogens with zero attached hydrogens (tertiary/aromatic N) is 2. The van der Waals surface area contributed by atoms with Crippen molar-refractivity contribution in [2.24, 2.45) is 5.92 Å². The molecule has 9 heteroatoms. The fraction of sp³-hybridized carbons (Fsp3) is 0.391. The summed E-state index contributed by atoms with van der Waals surface area (Å²) in [6, 6.07) is 13.1. The maximum Gasteiger partial charge on any atom is 0.244 e. The van der Waals surface area contributed by atoms with E-state index in [-0.39, 0.29) is 24.2 Å². The molecule has 1 saturated heterocycles. The molecule has 1 N–H and O–H groups in total. The van der Waals surface area contributed by atoms with Crippen molar-refractivity contribution >= 4 is 21.8 Å². The quantitative estimate of drug-likeness (QED) is 0.684. The Morgan fingerprint density at radius 3 is 2.16 bits per heavy atom. The van der Waals surface area contributed by atoms with Crippen LogP contribution in [0.4, 0.5) is 4.39 Å². The van der Waals surface area contributed by atoms with Crippen LogP contribution < -0.4 is 4.72 Å². The molecule has 0 bridgehead atoms. The number of rotatable bonds is 7. The molecule has 0 radical (unpaired) electrons. The first kappa shape index (κ1) is 22.4. The summed E-state index contributed by atoms with van der Waals surface area (Å²) in [6.07, 6.45) is 1.98. The van der Waals surface area contributed by atoms with Gasteiger partial charge in [-0.2, -0.15) is 4.72 Å². The minimum absolute atomic E-state index is 0.121. The number of halogens is 1. The first-order chi connectivity index (χ1) is 15.3. The molecule has 1 saturated carbocycles. The van der Waals surface area contributed by atoms with Crippen molar-refractivity contribution in [3.63, 3.8) is 0 Å². The molecular weight excluding hydrogens is 433 g/mol. The normalized spacial score (nSPS) is 17.8. The molecule has 2 amide bonds. The number of amides is 2. The number of nitrogens with one attached hydrogen (secondary N) is 1. The van der Waals surface area contributed by atoms with E-state index in [0.717, 1.165) is 24.5 Å². The molecule has 170 valence electrons. The number of sulfonamides is 1. The van der Waals surface area contributed by atoms with Crippen molar-refractivity contribution in [2.45, 2.75) is 30.2 Å². The molecule has 32 heavy (non-hydrogen) atoms. The van der Waals surface area contributed by atoms with Gasteiger partial charge in [0.2, 0.25) is 21.8 Å². The highest BCUT2D eigenvalue weighted by molar-refractivity contribution is 7.89. The van der Waals surface area contributed by atoms with E-state index < -0.39 is 26.8 Å². The van der Waals surface area contributed by atoms with Gasteiger partial charge in [0.05, 0.1) is 0 Å². The van der Waals surface area contributed by atoms with Gasteiger partial charge in [0, 0.05) is 32.1 Å². The molecule has 7 nitrogen and oxygen atoms in total. The summed E-state index contributed by atoms with van der Waals surface area (Å²) >= 11 is 0. The Hall–Kier alpha value is -2.78. The van der Waals surface area contributed by atoms with E-state index in [2.05, 4.69) is 4.72 Å². The van der Waals surface area contributed by atoms with Gasteiger partial charge < -0.3 is 9.80 Å². The van der Waals surface area contributed by atoms with Crippen molar-refractivity contribution in [3.8, 4) is 0 Å². The van der Waals surface area contributed by atoms with Gasteiger partial charge in [-0.3, -0.25) is 9.59 Å². The zero-order chi connectivity index (χ0) is 22.7. The van der Waals surface area contributed by atoms with Crippen molar-refractivity contribution in [3.05, 3.63) is 66.0 Å². The predicted molar refractivity (Wildman–Crippen MR) is 117 cm³/mol. The second-order valence-corrected chi connectivity index (χ2v) is 9.90. The second kappa shape index (κ2) is 9.38. The van der Waals surface area contributed by atoms with E-state index in [1.807, 2.05) is 30.3 Å². The fourth-order valence-corrected chi connectivity index (χ4v) is 5.17. The smallest absolute Gasteiger partial charge is 0.244 e. The molecule has 1 atom stereocenters. The third-order valence-electron chi connectivity index (χ3n) is 5.83. The summed E-state index contributed by atoms with van der Waals surface area (Å²) in [7, 11) is -4.26. The van der Waals surface area contributed by atoms with Crippen LogP contribution in [0.3, 0.4) is 0 Å². The van der Waals surface area contributed by atoms with Crippen LogP contribution in [0.1, 0.15) is 18.4 Å². The topological polar surface area (TPSA) is 86.8 Å². The van der Waals surface area contributed by atoms with Crippen LogP contribution >= 0.6 is 0 Å². The molecule has 2 fully saturated rings. The summed E-state index contributed by atoms with van der Waals surface area (Å²) in [5, 5.41) is 0. The maximum absolute atomic E-state index is 14.2. The molecule has 0 unspecified atom stereocenters. The summed E-state index contributed by atoms with van der Waals surface area (Å²) in [4.78, 5) is 28.5. The van der Waals surface area contributed by atoms with Crippen LogP contribution in [0.2, 0.25) is 0 Å². The van der Waals surface area contributed by atoms with Gasteiger partial charge in [0.1, 0.15) is 16.8 Å². The van der Waals surface area contributed by atoms with E-state index in [0.29, 0.717) is 26.2 Å². The Morgan fingerprint density at radius 1 is 0.938 bits per heavy atom. The SMILES string of the molecule is O=C(C1CC1)N1CCN(C(=O)[C@H](Cc2ccccc2)NS(=O)(=O)c2ccccc2F)CC1. The summed E-state index contributed by atoms with van der Waals surface area (Å²) in [5.41, 5.74) is 0.782. The monoisotopic (exact) mass is 459 g/mol. The van der Waals surface area contributed by atoms with Crippen LogP contribution in [-0.4, -0.2) is 62.3 Å². The van der Waals surface area contributed by atoms with Crippen molar-refractivity contribution < 1.29 is 22.4 Å². The third kappa shape index (κ3) is 5.16. The number of hydrogen-bond donors (Lipinski definition) is 1. The molecule has 1 aliphatic heterocycles. The number of benzene rings is 2. The van der Waals surface area contributed by atoms with Crippen molar-refractivity contribution in [1.82, 2.24) is 14.5 Å². The van der Waals surface area contributed by atoms with Gasteiger partial charge in [-0.05, 0) is 37.0 Å². The van der Waals surface area contributed by atoms with Crippen molar-refractivity contribution in [1.29, 1.82) is 0 Å². The van der Waals surface area contributed by atoms with E-state index >= 15 is 0 Å². The third-order valence-corrected chi connectivity index (χ3v) is 7.34. The number of carbonyl (C=O) groups is 2. The van der Waals surface area contributed by atoms with Crippen LogP contribution in [-0.2, 0) is 26.0 Å². The first-order valence-corrected chi connectivity index (χ1v) is 12.2. The van der Waals surface area contributed by atoms with Crippen LogP contribution in [0.15, 0.2) is 59.5 Å². The van der Waals surface area contributed by atoms with Crippen LogP contribution in [0.25, 0.3) is 0 Å². The first-order valence-electron chi connectivity index (χ1n) is 10.7. The predicted octanol–water partition coefficient (Wildman–Crippen LogP) is 1.80. The summed E-state index contributed by atoms with van der Waals surface area (Å²) < 4.78 is 42.4. The lowest BCUT2D eigenvalue weighted by atomic mass is 10.1. The van der Waals surface area contributed by atoms with Gasteiger partial charge in [0.25, 0.3) is 0 Å². The lowest BCUT2D eigenvalue weighted by molar-refractivity contribution is -0.141. The zero-order valence-corrected chi connectivity index (χ0v) is 18.4. The minimum Gasteiger partial charge on any atom is -0.339 e. The van der Waals surface area contributed by atoms with E-state index in [1.54, 1.807) is 9.80 Å². The van der Waals surface area contributed by atoms with Gasteiger partial charge in [-0.15, -0.1) is 0 Å². The molecule has 0 spiro atoms. The number of hydrogen-bond acceptors (Lipinski definition) is 4. The summed E-state index contributed by atoms with van der Waals surface area (Å²) in [5.74, 6) is -1.00. The van der Waals surface area contributed by atoms with E-state index in [9.17, 15) is 22.4 Å². The Morgan fingerprint density at radius 2 is 1.53 bits per heavy atom. The second-order valence-electron chi connectivity index (χ2n) is 8.22. The molecule has 2 aromatic rings. The van der Waals surface area contributed by atoms with Gasteiger partial charge in [0.15, 0.2) is 0 Å². The molecule has 1 heterocycles. The number of piperazine rings is 1. The standard InChI is InChI=1S/C23H26FN3O4S/c24-19-8-4-5-9-21(19)32(30,31)25-20(16-17-6-2-1-3-7-17)23(29)27-14-12-26(13-15-27)22(28)18-10-11-18/h1-9,18,20,25H,10-16H2/t20-/m0/s1. The average Bonchev–Trinajstić information content (AvgIpc) is 3.64. The van der Waals surface area contributed by atoms with Gasteiger partial charge >= 0.3 is 0 Å².